The van der Waals surface area contributed by atoms with Crippen molar-refractivity contribution in [3.63, 3.8) is 0 Å². The van der Waals surface area contributed by atoms with E-state index in [1.807, 2.05) is 30.3 Å². The maximum absolute atomic E-state index is 12.5. The Kier molecular flexibility index (Phi) is 8.68. The van der Waals surface area contributed by atoms with E-state index in [2.05, 4.69) is 14.9 Å². The molecule has 3 rings (SSSR count). The summed E-state index contributed by atoms with van der Waals surface area (Å²) in [6.07, 6.45) is 0. The summed E-state index contributed by atoms with van der Waals surface area (Å²) in [7, 11) is -3.73. The van der Waals surface area contributed by atoms with E-state index in [1.54, 1.807) is 0 Å². The summed E-state index contributed by atoms with van der Waals surface area (Å²) in [4.78, 5) is 14.2. The minimum atomic E-state index is -3.73. The third kappa shape index (κ3) is 7.48. The Bertz CT molecular complexity index is 966. The van der Waals surface area contributed by atoms with Gasteiger partial charge < -0.3 is 14.8 Å². The van der Waals surface area contributed by atoms with Crippen LogP contribution in [0.25, 0.3) is 0 Å². The molecule has 0 unspecified atom stereocenters. The predicted molar refractivity (Wildman–Crippen MR) is 118 cm³/mol. The van der Waals surface area contributed by atoms with E-state index in [0.29, 0.717) is 19.8 Å². The molecule has 0 saturated carbocycles. The highest BCUT2D eigenvalue weighted by Crippen LogP contribution is 2.27. The molecule has 2 aromatic carbocycles. The molecule has 8 nitrogen and oxygen atoms in total. The molecule has 0 radical (unpaired) electrons. The monoisotopic (exact) mass is 467 g/mol. The SMILES string of the molecule is O=C(COc1ccc(S(=O)(=O)NCc2ccccc2)cc1Cl)NCCN1CCOCC1. The first-order valence-corrected chi connectivity index (χ1v) is 11.8. The molecule has 2 aromatic rings. The molecule has 31 heavy (non-hydrogen) atoms. The first-order chi connectivity index (χ1) is 14.9. The molecule has 0 aromatic heterocycles. The van der Waals surface area contributed by atoms with E-state index in [0.717, 1.165) is 25.2 Å². The lowest BCUT2D eigenvalue weighted by Crippen LogP contribution is -2.42. The summed E-state index contributed by atoms with van der Waals surface area (Å²) in [5.41, 5.74) is 0.844. The number of ether oxygens (including phenoxy) is 2. The van der Waals surface area contributed by atoms with Gasteiger partial charge in [-0.05, 0) is 23.8 Å². The van der Waals surface area contributed by atoms with Crippen molar-refractivity contribution in [3.05, 3.63) is 59.1 Å². The number of carbonyl (C=O) groups excluding carboxylic acids is 1. The van der Waals surface area contributed by atoms with Crippen molar-refractivity contribution in [1.82, 2.24) is 14.9 Å². The minimum absolute atomic E-state index is 0.0238. The van der Waals surface area contributed by atoms with Gasteiger partial charge in [0.05, 0.1) is 23.1 Å². The number of halogens is 1. The number of rotatable bonds is 10. The third-order valence-corrected chi connectivity index (χ3v) is 6.43. The number of hydrogen-bond acceptors (Lipinski definition) is 6. The molecule has 0 aliphatic carbocycles. The molecule has 1 aliphatic heterocycles. The summed E-state index contributed by atoms with van der Waals surface area (Å²) < 4.78 is 38.3. The highest BCUT2D eigenvalue weighted by Gasteiger charge is 2.17. The van der Waals surface area contributed by atoms with Gasteiger partial charge >= 0.3 is 0 Å². The van der Waals surface area contributed by atoms with Crippen molar-refractivity contribution >= 4 is 27.5 Å². The van der Waals surface area contributed by atoms with Crippen molar-refractivity contribution in [2.75, 3.05) is 46.0 Å². The van der Waals surface area contributed by atoms with Gasteiger partial charge in [0.2, 0.25) is 10.0 Å². The molecule has 1 saturated heterocycles. The van der Waals surface area contributed by atoms with Crippen LogP contribution in [0.1, 0.15) is 5.56 Å². The first kappa shape index (κ1) is 23.5. The summed E-state index contributed by atoms with van der Waals surface area (Å²) in [6.45, 7) is 4.37. The van der Waals surface area contributed by atoms with Crippen molar-refractivity contribution in [2.45, 2.75) is 11.4 Å². The first-order valence-electron chi connectivity index (χ1n) is 9.97. The quantitative estimate of drug-likeness (QED) is 0.551. The van der Waals surface area contributed by atoms with Gasteiger partial charge in [0, 0.05) is 32.7 Å². The molecule has 168 valence electrons. The van der Waals surface area contributed by atoms with E-state index in [1.165, 1.54) is 18.2 Å². The van der Waals surface area contributed by atoms with Crippen LogP contribution < -0.4 is 14.8 Å². The molecular formula is C21H26ClN3O5S. The zero-order valence-electron chi connectivity index (χ0n) is 17.1. The van der Waals surface area contributed by atoms with Crippen molar-refractivity contribution < 1.29 is 22.7 Å². The Morgan fingerprint density at radius 1 is 1.13 bits per heavy atom. The van der Waals surface area contributed by atoms with Crippen LogP contribution >= 0.6 is 11.6 Å². The van der Waals surface area contributed by atoms with Gasteiger partial charge in [-0.15, -0.1) is 0 Å². The standard InChI is InChI=1S/C21H26ClN3O5S/c22-19-14-18(31(27,28)24-15-17-4-2-1-3-5-17)6-7-20(19)30-16-21(26)23-8-9-25-10-12-29-13-11-25/h1-7,14,24H,8-13,15-16H2,(H,23,26). The van der Waals surface area contributed by atoms with E-state index < -0.39 is 10.0 Å². The number of nitrogens with zero attached hydrogens (tertiary/aromatic N) is 1. The van der Waals surface area contributed by atoms with E-state index in [4.69, 9.17) is 21.1 Å². The van der Waals surface area contributed by atoms with Crippen LogP contribution in [0.15, 0.2) is 53.4 Å². The number of carbonyl (C=O) groups is 1. The smallest absolute Gasteiger partial charge is 0.257 e. The third-order valence-electron chi connectivity index (χ3n) is 4.74. The maximum atomic E-state index is 12.5. The molecule has 10 heteroatoms. The lowest BCUT2D eigenvalue weighted by atomic mass is 10.2. The van der Waals surface area contributed by atoms with Crippen LogP contribution in [0.5, 0.6) is 5.75 Å². The zero-order valence-corrected chi connectivity index (χ0v) is 18.6. The fourth-order valence-corrected chi connectivity index (χ4v) is 4.34. The van der Waals surface area contributed by atoms with Gasteiger partial charge in [-0.3, -0.25) is 9.69 Å². The van der Waals surface area contributed by atoms with Crippen LogP contribution in [-0.2, 0) is 26.1 Å². The fourth-order valence-electron chi connectivity index (χ4n) is 3.00. The highest BCUT2D eigenvalue weighted by atomic mass is 35.5. The van der Waals surface area contributed by atoms with Gasteiger partial charge in [0.1, 0.15) is 5.75 Å². The second-order valence-corrected chi connectivity index (χ2v) is 9.17. The maximum Gasteiger partial charge on any atom is 0.257 e. The van der Waals surface area contributed by atoms with Crippen LogP contribution in [0, 0.1) is 0 Å². The molecule has 2 N–H and O–H groups in total. The normalized spacial score (nSPS) is 14.9. The second-order valence-electron chi connectivity index (χ2n) is 7.00. The van der Waals surface area contributed by atoms with Gasteiger partial charge in [-0.2, -0.15) is 0 Å². The van der Waals surface area contributed by atoms with Gasteiger partial charge in [0.15, 0.2) is 6.61 Å². The Morgan fingerprint density at radius 3 is 2.58 bits per heavy atom. The number of nitrogens with one attached hydrogen (secondary N) is 2. The molecule has 1 heterocycles. The largest absolute Gasteiger partial charge is 0.482 e. The molecule has 0 atom stereocenters. The number of hydrogen-bond donors (Lipinski definition) is 2. The van der Waals surface area contributed by atoms with Crippen molar-refractivity contribution in [3.8, 4) is 5.75 Å². The van der Waals surface area contributed by atoms with Crippen LogP contribution in [0.2, 0.25) is 5.02 Å². The molecule has 1 aliphatic rings. The van der Waals surface area contributed by atoms with Crippen molar-refractivity contribution in [1.29, 1.82) is 0 Å². The fraction of sp³-hybridized carbons (Fsp3) is 0.381. The number of benzene rings is 2. The minimum Gasteiger partial charge on any atom is -0.482 e. The second kappa shape index (κ2) is 11.4. The van der Waals surface area contributed by atoms with Crippen LogP contribution in [0.3, 0.4) is 0 Å². The van der Waals surface area contributed by atoms with E-state index >= 15 is 0 Å². The van der Waals surface area contributed by atoms with Gasteiger partial charge in [-0.25, -0.2) is 13.1 Å². The average molecular weight is 468 g/mol. The van der Waals surface area contributed by atoms with Crippen molar-refractivity contribution in [2.24, 2.45) is 0 Å². The Balaban J connectivity index is 1.46. The summed E-state index contributed by atoms with van der Waals surface area (Å²) >= 11 is 6.17. The molecule has 0 spiro atoms. The zero-order chi connectivity index (χ0) is 22.1. The molecule has 0 bridgehead atoms. The summed E-state index contributed by atoms with van der Waals surface area (Å²) in [5.74, 6) is -0.0300. The van der Waals surface area contributed by atoms with Crippen LogP contribution in [0.4, 0.5) is 0 Å². The predicted octanol–water partition coefficient (Wildman–Crippen LogP) is 1.65. The topological polar surface area (TPSA) is 97.0 Å². The molecule has 1 amide bonds. The number of sulfonamides is 1. The highest BCUT2D eigenvalue weighted by molar-refractivity contribution is 7.89. The summed E-state index contributed by atoms with van der Waals surface area (Å²) in [5, 5.41) is 2.91. The van der Waals surface area contributed by atoms with E-state index in [-0.39, 0.29) is 34.7 Å². The van der Waals surface area contributed by atoms with E-state index in [9.17, 15) is 13.2 Å². The number of amides is 1. The van der Waals surface area contributed by atoms with Gasteiger partial charge in [-0.1, -0.05) is 41.9 Å². The molecular weight excluding hydrogens is 442 g/mol. The number of morpholine rings is 1. The van der Waals surface area contributed by atoms with Crippen LogP contribution in [-0.4, -0.2) is 65.2 Å². The average Bonchev–Trinajstić information content (AvgIpc) is 2.78. The lowest BCUT2D eigenvalue weighted by Gasteiger charge is -2.26. The summed E-state index contributed by atoms with van der Waals surface area (Å²) in [6, 6.07) is 13.3. The lowest BCUT2D eigenvalue weighted by molar-refractivity contribution is -0.123. The Morgan fingerprint density at radius 2 is 1.87 bits per heavy atom. The Hall–Kier alpha value is -2.17. The Labute approximate surface area is 187 Å². The molecule has 1 fully saturated rings. The van der Waals surface area contributed by atoms with Gasteiger partial charge in [0.25, 0.3) is 5.91 Å².